The summed E-state index contributed by atoms with van der Waals surface area (Å²) < 4.78 is 0. The molecule has 5 aromatic rings. The Morgan fingerprint density at radius 2 is 1.67 bits per heavy atom. The number of rotatable bonds is 8. The number of hydrogen-bond acceptors (Lipinski definition) is 7. The molecular formula is C28H20N4OS3. The quantitative estimate of drug-likeness (QED) is 0.212. The number of thiazole rings is 1. The van der Waals surface area contributed by atoms with E-state index < -0.39 is 0 Å². The summed E-state index contributed by atoms with van der Waals surface area (Å²) in [4.78, 5) is 23.0. The summed E-state index contributed by atoms with van der Waals surface area (Å²) in [5.74, 6) is 0.374. The lowest BCUT2D eigenvalue weighted by Gasteiger charge is -2.12. The normalized spacial score (nSPS) is 10.6. The highest BCUT2D eigenvalue weighted by Gasteiger charge is 2.16. The maximum absolute atomic E-state index is 12.6. The highest BCUT2D eigenvalue weighted by molar-refractivity contribution is 7.99. The number of pyridine rings is 1. The molecule has 0 spiro atoms. The van der Waals surface area contributed by atoms with Gasteiger partial charge in [0.1, 0.15) is 11.1 Å². The highest BCUT2D eigenvalue weighted by Crippen LogP contribution is 2.34. The van der Waals surface area contributed by atoms with E-state index in [4.69, 9.17) is 4.98 Å². The topological polar surface area (TPSA) is 78.7 Å². The molecule has 0 atom stereocenters. The SMILES string of the molecule is N#Cc1c(-c2ccccc2)cc(-c2ccccc2)nc1SCCC(=O)Nc1nc(-c2cccs2)cs1. The molecule has 0 fully saturated rings. The summed E-state index contributed by atoms with van der Waals surface area (Å²) in [7, 11) is 0. The lowest BCUT2D eigenvalue weighted by Crippen LogP contribution is -2.12. The van der Waals surface area contributed by atoms with Crippen LogP contribution < -0.4 is 5.32 Å². The maximum atomic E-state index is 12.6. The first-order valence-corrected chi connectivity index (χ1v) is 13.9. The summed E-state index contributed by atoms with van der Waals surface area (Å²) in [5.41, 5.74) is 4.95. The zero-order valence-electron chi connectivity index (χ0n) is 19.0. The fourth-order valence-electron chi connectivity index (χ4n) is 3.63. The third-order valence-corrected chi connectivity index (χ3v) is 7.97. The van der Waals surface area contributed by atoms with Crippen molar-refractivity contribution in [3.8, 4) is 39.0 Å². The zero-order valence-corrected chi connectivity index (χ0v) is 21.5. The second kappa shape index (κ2) is 11.3. The van der Waals surface area contributed by atoms with Crippen LogP contribution in [0, 0.1) is 11.3 Å². The van der Waals surface area contributed by atoms with Gasteiger partial charge in [-0.1, -0.05) is 66.7 Å². The van der Waals surface area contributed by atoms with Crippen molar-refractivity contribution in [1.29, 1.82) is 5.26 Å². The Morgan fingerprint density at radius 3 is 2.36 bits per heavy atom. The van der Waals surface area contributed by atoms with Gasteiger partial charge in [0.25, 0.3) is 0 Å². The van der Waals surface area contributed by atoms with Crippen molar-refractivity contribution in [1.82, 2.24) is 9.97 Å². The smallest absolute Gasteiger partial charge is 0.226 e. The summed E-state index contributed by atoms with van der Waals surface area (Å²) in [6.07, 6.45) is 0.279. The number of thiophene rings is 1. The minimum Gasteiger partial charge on any atom is -0.302 e. The van der Waals surface area contributed by atoms with Crippen molar-refractivity contribution in [2.24, 2.45) is 0 Å². The lowest BCUT2D eigenvalue weighted by atomic mass is 9.99. The van der Waals surface area contributed by atoms with Gasteiger partial charge in [-0.25, -0.2) is 9.97 Å². The molecule has 1 N–H and O–H groups in total. The van der Waals surface area contributed by atoms with Crippen molar-refractivity contribution in [3.05, 3.63) is 95.2 Å². The molecular weight excluding hydrogens is 505 g/mol. The number of benzene rings is 2. The van der Waals surface area contributed by atoms with E-state index >= 15 is 0 Å². The molecule has 0 aliphatic carbocycles. The summed E-state index contributed by atoms with van der Waals surface area (Å²) in [6.45, 7) is 0. The van der Waals surface area contributed by atoms with Gasteiger partial charge in [-0.3, -0.25) is 4.79 Å². The van der Waals surface area contributed by atoms with E-state index in [1.807, 2.05) is 89.6 Å². The van der Waals surface area contributed by atoms with Gasteiger partial charge in [0, 0.05) is 28.7 Å². The Bertz CT molecular complexity index is 1510. The molecule has 1 amide bonds. The monoisotopic (exact) mass is 524 g/mol. The highest BCUT2D eigenvalue weighted by atomic mass is 32.2. The number of hydrogen-bond donors (Lipinski definition) is 1. The Morgan fingerprint density at radius 1 is 0.917 bits per heavy atom. The number of carbonyl (C=O) groups excluding carboxylic acids is 1. The molecule has 0 saturated carbocycles. The third kappa shape index (κ3) is 5.55. The van der Waals surface area contributed by atoms with E-state index in [-0.39, 0.29) is 12.3 Å². The van der Waals surface area contributed by atoms with E-state index in [1.54, 1.807) is 11.3 Å². The van der Waals surface area contributed by atoms with Crippen molar-refractivity contribution >= 4 is 45.5 Å². The molecule has 0 aliphatic heterocycles. The first kappa shape index (κ1) is 23.9. The zero-order chi connectivity index (χ0) is 24.7. The van der Waals surface area contributed by atoms with Crippen molar-refractivity contribution < 1.29 is 4.79 Å². The molecule has 8 heteroatoms. The summed E-state index contributed by atoms with van der Waals surface area (Å²) >= 11 is 4.45. The van der Waals surface area contributed by atoms with Crippen molar-refractivity contribution in [3.63, 3.8) is 0 Å². The fraction of sp³-hybridized carbons (Fsp3) is 0.0714. The van der Waals surface area contributed by atoms with Gasteiger partial charge in [0.2, 0.25) is 5.91 Å². The van der Waals surface area contributed by atoms with Crippen LogP contribution in [-0.2, 0) is 4.79 Å². The van der Waals surface area contributed by atoms with Gasteiger partial charge < -0.3 is 5.32 Å². The van der Waals surface area contributed by atoms with Crippen molar-refractivity contribution in [2.75, 3.05) is 11.1 Å². The Balaban J connectivity index is 1.33. The number of thioether (sulfide) groups is 1. The van der Waals surface area contributed by atoms with E-state index in [0.717, 1.165) is 33.0 Å². The Kier molecular flexibility index (Phi) is 7.52. The average Bonchev–Trinajstić information content (AvgIpc) is 3.62. The number of aromatic nitrogens is 2. The van der Waals surface area contributed by atoms with Crippen LogP contribution >= 0.6 is 34.4 Å². The van der Waals surface area contributed by atoms with Gasteiger partial charge in [0.15, 0.2) is 5.13 Å². The van der Waals surface area contributed by atoms with Gasteiger partial charge in [-0.2, -0.15) is 5.26 Å². The molecule has 0 aliphatic rings. The van der Waals surface area contributed by atoms with Crippen LogP contribution in [0.25, 0.3) is 33.0 Å². The van der Waals surface area contributed by atoms with E-state index in [1.165, 1.54) is 23.1 Å². The minimum absolute atomic E-state index is 0.115. The molecule has 0 bridgehead atoms. The predicted octanol–water partition coefficient (Wildman–Crippen LogP) is 7.59. The summed E-state index contributed by atoms with van der Waals surface area (Å²) in [5, 5.41) is 18.1. The molecule has 2 aromatic carbocycles. The number of anilines is 1. The van der Waals surface area contributed by atoms with Gasteiger partial charge in [0.05, 0.1) is 21.8 Å². The fourth-order valence-corrected chi connectivity index (χ4v) is 6.06. The number of carbonyl (C=O) groups is 1. The average molecular weight is 525 g/mol. The molecule has 5 rings (SSSR count). The van der Waals surface area contributed by atoms with Crippen LogP contribution in [0.4, 0.5) is 5.13 Å². The van der Waals surface area contributed by atoms with Crippen LogP contribution in [0.15, 0.2) is 94.6 Å². The van der Waals surface area contributed by atoms with E-state index in [9.17, 15) is 10.1 Å². The lowest BCUT2D eigenvalue weighted by molar-refractivity contribution is -0.115. The maximum Gasteiger partial charge on any atom is 0.226 e. The molecule has 3 heterocycles. The largest absolute Gasteiger partial charge is 0.302 e. The molecule has 0 unspecified atom stereocenters. The number of nitriles is 1. The summed E-state index contributed by atoms with van der Waals surface area (Å²) in [6, 6.07) is 28.1. The molecule has 5 nitrogen and oxygen atoms in total. The van der Waals surface area contributed by atoms with Crippen molar-refractivity contribution in [2.45, 2.75) is 11.4 Å². The van der Waals surface area contributed by atoms with Gasteiger partial charge >= 0.3 is 0 Å². The van der Waals surface area contributed by atoms with Crippen LogP contribution in [0.1, 0.15) is 12.0 Å². The third-order valence-electron chi connectivity index (χ3n) is 5.34. The predicted molar refractivity (Wildman–Crippen MR) is 149 cm³/mol. The standard InChI is InChI=1S/C28H20N4OS3/c29-17-22-21(19-8-3-1-4-9-19)16-23(20-10-5-2-6-11-20)30-27(22)35-15-13-26(33)32-28-31-24(18-36-28)25-12-7-14-34-25/h1-12,14,16,18H,13,15H2,(H,31,32,33). The molecule has 3 aromatic heterocycles. The molecule has 176 valence electrons. The van der Waals surface area contributed by atoms with Crippen LogP contribution in [0.2, 0.25) is 0 Å². The molecule has 36 heavy (non-hydrogen) atoms. The first-order valence-electron chi connectivity index (χ1n) is 11.2. The van der Waals surface area contributed by atoms with Gasteiger partial charge in [-0.05, 0) is 23.1 Å². The Hall–Kier alpha value is -3.77. The van der Waals surface area contributed by atoms with Crippen LogP contribution in [-0.4, -0.2) is 21.6 Å². The first-order chi connectivity index (χ1) is 17.7. The number of nitrogens with zero attached hydrogens (tertiary/aromatic N) is 3. The number of nitrogens with one attached hydrogen (secondary N) is 1. The minimum atomic E-state index is -0.115. The van der Waals surface area contributed by atoms with Gasteiger partial charge in [-0.15, -0.1) is 34.4 Å². The second-order valence-electron chi connectivity index (χ2n) is 7.74. The van der Waals surface area contributed by atoms with Crippen LogP contribution in [0.5, 0.6) is 0 Å². The van der Waals surface area contributed by atoms with Crippen LogP contribution in [0.3, 0.4) is 0 Å². The van der Waals surface area contributed by atoms with E-state index in [0.29, 0.717) is 21.5 Å². The Labute approximate surface area is 221 Å². The van der Waals surface area contributed by atoms with E-state index in [2.05, 4.69) is 16.4 Å². The second-order valence-corrected chi connectivity index (χ2v) is 10.6. The molecule has 0 saturated heterocycles. The molecule has 0 radical (unpaired) electrons. The number of amides is 1.